The minimum atomic E-state index is -0.150. The number of hydrogen-bond donors (Lipinski definition) is 2. The maximum atomic E-state index is 12.3. The van der Waals surface area contributed by atoms with Crippen molar-refractivity contribution in [3.63, 3.8) is 0 Å². The molecule has 0 spiro atoms. The Labute approximate surface area is 208 Å². The van der Waals surface area contributed by atoms with Crippen LogP contribution in [0.4, 0.5) is 5.95 Å². The number of benzene rings is 2. The maximum Gasteiger partial charge on any atom is 0.225 e. The van der Waals surface area contributed by atoms with E-state index in [1.165, 1.54) is 14.2 Å². The molecule has 3 atom stereocenters. The van der Waals surface area contributed by atoms with Gasteiger partial charge < -0.3 is 25.4 Å². The molecule has 0 aliphatic heterocycles. The highest BCUT2D eigenvalue weighted by atomic mass is 35.5. The van der Waals surface area contributed by atoms with Gasteiger partial charge in [0.25, 0.3) is 0 Å². The molecule has 0 radical (unpaired) electrons. The first-order chi connectivity index (χ1) is 16.2. The van der Waals surface area contributed by atoms with E-state index >= 15 is 0 Å². The van der Waals surface area contributed by atoms with Crippen molar-refractivity contribution in [2.24, 2.45) is 11.7 Å². The molecule has 0 bridgehead atoms. The molecule has 4 rings (SSSR count). The number of amides is 1. The molecule has 0 saturated heterocycles. The molecule has 1 fully saturated rings. The second-order valence-corrected chi connectivity index (χ2v) is 9.32. The molecule has 3 aromatic rings. The maximum absolute atomic E-state index is 12.3. The van der Waals surface area contributed by atoms with Crippen molar-refractivity contribution in [2.75, 3.05) is 33.6 Å². The first-order valence-electron chi connectivity index (χ1n) is 10.8. The zero-order valence-electron chi connectivity index (χ0n) is 19.4. The third kappa shape index (κ3) is 4.58. The number of rotatable bonds is 6. The smallest absolute Gasteiger partial charge is 0.225 e. The summed E-state index contributed by atoms with van der Waals surface area (Å²) in [5, 5.41) is 4.91. The van der Waals surface area contributed by atoms with Gasteiger partial charge in [0.2, 0.25) is 11.9 Å². The molecule has 1 unspecified atom stereocenters. The molecular weight excluding hydrogens is 477 g/mol. The van der Waals surface area contributed by atoms with Gasteiger partial charge in [-0.15, -0.1) is 0 Å². The minimum Gasteiger partial charge on any atom is -0.495 e. The molecule has 34 heavy (non-hydrogen) atoms. The fraction of sp³-hybridized carbons (Fsp3) is 0.375. The lowest BCUT2D eigenvalue weighted by Crippen LogP contribution is -2.35. The van der Waals surface area contributed by atoms with E-state index < -0.39 is 0 Å². The molecule has 180 valence electrons. The number of hydrogen-bond acceptors (Lipinski definition) is 7. The van der Waals surface area contributed by atoms with Crippen LogP contribution >= 0.6 is 23.2 Å². The van der Waals surface area contributed by atoms with E-state index in [0.717, 1.165) is 16.5 Å². The van der Waals surface area contributed by atoms with Crippen LogP contribution in [0.5, 0.6) is 11.5 Å². The average molecular weight is 504 g/mol. The Hall–Kier alpha value is -2.81. The molecule has 1 heterocycles. The van der Waals surface area contributed by atoms with Crippen LogP contribution in [0.3, 0.4) is 0 Å². The van der Waals surface area contributed by atoms with Gasteiger partial charge in [-0.1, -0.05) is 29.3 Å². The Kier molecular flexibility index (Phi) is 7.02. The molecule has 1 aliphatic rings. The summed E-state index contributed by atoms with van der Waals surface area (Å²) in [5.74, 6) is 1.40. The highest BCUT2D eigenvalue weighted by Gasteiger charge is 2.36. The van der Waals surface area contributed by atoms with Crippen LogP contribution in [0.2, 0.25) is 10.0 Å². The monoisotopic (exact) mass is 503 g/mol. The third-order valence-corrected chi connectivity index (χ3v) is 6.91. The van der Waals surface area contributed by atoms with E-state index in [0.29, 0.717) is 45.9 Å². The van der Waals surface area contributed by atoms with Crippen molar-refractivity contribution in [2.45, 2.75) is 24.9 Å². The summed E-state index contributed by atoms with van der Waals surface area (Å²) < 4.78 is 10.8. The number of ether oxygens (including phenoxy) is 2. The second kappa shape index (κ2) is 9.82. The van der Waals surface area contributed by atoms with Gasteiger partial charge in [-0.3, -0.25) is 4.79 Å². The molecular formula is C24H27Cl2N5O3. The fourth-order valence-corrected chi connectivity index (χ4v) is 5.09. The van der Waals surface area contributed by atoms with Crippen LogP contribution in [-0.2, 0) is 4.79 Å². The first kappa shape index (κ1) is 24.3. The number of carbonyl (C=O) groups is 1. The van der Waals surface area contributed by atoms with E-state index in [2.05, 4.69) is 15.3 Å². The van der Waals surface area contributed by atoms with Crippen LogP contribution in [0, 0.1) is 5.92 Å². The van der Waals surface area contributed by atoms with Gasteiger partial charge in [0.05, 0.1) is 29.8 Å². The number of carbonyl (C=O) groups excluding carboxylic acids is 1. The van der Waals surface area contributed by atoms with Gasteiger partial charge >= 0.3 is 0 Å². The standard InChI is InChI=1S/C24H27Cl2N5O3/c1-31(2)23(32)13-8-15(27)17(9-13)30-24-28-11-14-7-12(5-6-16(14)29-24)20-21(25)18(33-3)10-19(34-4)22(20)26/h5-7,10-11,13,15,17H,8-9,27H2,1-4H3,(H,28,29,30)/t13-,15-,17?/m0/s1. The van der Waals surface area contributed by atoms with Gasteiger partial charge in [0.15, 0.2) is 0 Å². The molecule has 10 heteroatoms. The summed E-state index contributed by atoms with van der Waals surface area (Å²) in [6.07, 6.45) is 3.01. The van der Waals surface area contributed by atoms with Crippen LogP contribution in [0.15, 0.2) is 30.5 Å². The van der Waals surface area contributed by atoms with E-state index in [-0.39, 0.29) is 23.9 Å². The first-order valence-corrected chi connectivity index (χ1v) is 11.6. The summed E-state index contributed by atoms with van der Waals surface area (Å²) in [7, 11) is 6.60. The Balaban J connectivity index is 1.61. The fourth-order valence-electron chi connectivity index (χ4n) is 4.37. The number of aromatic nitrogens is 2. The molecule has 1 saturated carbocycles. The van der Waals surface area contributed by atoms with Crippen molar-refractivity contribution in [1.29, 1.82) is 0 Å². The quantitative estimate of drug-likeness (QED) is 0.518. The Morgan fingerprint density at radius 2 is 1.79 bits per heavy atom. The number of anilines is 1. The molecule has 1 aromatic heterocycles. The van der Waals surface area contributed by atoms with Crippen molar-refractivity contribution in [1.82, 2.24) is 14.9 Å². The van der Waals surface area contributed by atoms with Gasteiger partial charge in [-0.2, -0.15) is 0 Å². The Morgan fingerprint density at radius 3 is 2.41 bits per heavy atom. The van der Waals surface area contributed by atoms with Crippen LogP contribution in [0.25, 0.3) is 22.0 Å². The summed E-state index contributed by atoms with van der Waals surface area (Å²) in [4.78, 5) is 23.0. The van der Waals surface area contributed by atoms with Gasteiger partial charge in [-0.05, 0) is 30.5 Å². The lowest BCUT2D eigenvalue weighted by Gasteiger charge is -2.18. The lowest BCUT2D eigenvalue weighted by molar-refractivity contribution is -0.132. The Bertz CT molecular complexity index is 1210. The van der Waals surface area contributed by atoms with Crippen molar-refractivity contribution in [3.05, 3.63) is 40.5 Å². The van der Waals surface area contributed by atoms with Crippen LogP contribution in [0.1, 0.15) is 12.8 Å². The number of halogens is 2. The van der Waals surface area contributed by atoms with Gasteiger partial charge in [0, 0.05) is 55.3 Å². The summed E-state index contributed by atoms with van der Waals surface area (Å²) in [5.41, 5.74) is 8.43. The number of nitrogens with two attached hydrogens (primary N) is 1. The normalized spacial score (nSPS) is 19.8. The van der Waals surface area contributed by atoms with Crippen molar-refractivity contribution < 1.29 is 14.3 Å². The highest BCUT2D eigenvalue weighted by molar-refractivity contribution is 6.41. The minimum absolute atomic E-state index is 0.0764. The van der Waals surface area contributed by atoms with E-state index in [4.69, 9.17) is 38.4 Å². The molecule has 1 amide bonds. The molecule has 2 aromatic carbocycles. The predicted molar refractivity (Wildman–Crippen MR) is 135 cm³/mol. The van der Waals surface area contributed by atoms with E-state index in [1.54, 1.807) is 31.3 Å². The second-order valence-electron chi connectivity index (χ2n) is 8.57. The number of nitrogens with zero attached hydrogens (tertiary/aromatic N) is 3. The van der Waals surface area contributed by atoms with Crippen LogP contribution < -0.4 is 20.5 Å². The zero-order valence-corrected chi connectivity index (χ0v) is 20.9. The largest absolute Gasteiger partial charge is 0.495 e. The highest BCUT2D eigenvalue weighted by Crippen LogP contribution is 2.46. The van der Waals surface area contributed by atoms with E-state index in [1.807, 2.05) is 18.2 Å². The van der Waals surface area contributed by atoms with Crippen molar-refractivity contribution in [3.8, 4) is 22.6 Å². The average Bonchev–Trinajstić information content (AvgIpc) is 3.18. The number of methoxy groups -OCH3 is 2. The predicted octanol–water partition coefficient (Wildman–Crippen LogP) is 4.23. The molecule has 8 nitrogen and oxygen atoms in total. The third-order valence-electron chi connectivity index (χ3n) is 6.16. The van der Waals surface area contributed by atoms with Gasteiger partial charge in [-0.25, -0.2) is 9.97 Å². The summed E-state index contributed by atoms with van der Waals surface area (Å²) in [6, 6.07) is 7.11. The SMILES string of the molecule is COc1cc(OC)c(Cl)c(-c2ccc3nc(NC4C[C@@H](C(=O)N(C)C)C[C@@H]4N)ncc3c2)c1Cl. The van der Waals surface area contributed by atoms with Crippen molar-refractivity contribution >= 4 is 46.0 Å². The molecule has 1 aliphatic carbocycles. The van der Waals surface area contributed by atoms with Gasteiger partial charge in [0.1, 0.15) is 11.5 Å². The summed E-state index contributed by atoms with van der Waals surface area (Å²) in [6.45, 7) is 0. The summed E-state index contributed by atoms with van der Waals surface area (Å²) >= 11 is 13.1. The Morgan fingerprint density at radius 1 is 1.12 bits per heavy atom. The number of fused-ring (bicyclic) bond motifs is 1. The molecule has 3 N–H and O–H groups in total. The topological polar surface area (TPSA) is 103 Å². The van der Waals surface area contributed by atoms with Crippen LogP contribution in [-0.4, -0.2) is 61.2 Å². The van der Waals surface area contributed by atoms with E-state index in [9.17, 15) is 4.79 Å². The number of nitrogens with one attached hydrogen (secondary N) is 1. The lowest BCUT2D eigenvalue weighted by atomic mass is 10.0. The zero-order chi connectivity index (χ0) is 24.6.